The number of rotatable bonds is 8. The molecule has 0 spiro atoms. The molecule has 256 valence electrons. The first kappa shape index (κ1) is 35.0. The molecule has 48 heavy (non-hydrogen) atoms. The molecule has 13 heteroatoms. The molecule has 5 rings (SSSR count). The standard InChI is InChI=1S/C35H42ClN5O6S/c1-35(2,3)47-34(44)41-23-26-10-6-5-9-25(26)22-31(41)32(42)37-29(21-24-13-15-27(36)16-14-24)33(43)40-19-17-39(18-20-40)30-12-8-7-11-28(30)38-48(4,45)46/h5-16,29,31,38H,17-23H2,1-4H3,(H,37,42)/t29-,31+/m1/s1. The second-order valence-electron chi connectivity index (χ2n) is 13.2. The zero-order valence-corrected chi connectivity index (χ0v) is 29.2. The van der Waals surface area contributed by atoms with Gasteiger partial charge in [0.05, 0.1) is 24.2 Å². The topological polar surface area (TPSA) is 128 Å². The Balaban J connectivity index is 1.36. The van der Waals surface area contributed by atoms with E-state index in [1.54, 1.807) is 49.9 Å². The Hall–Kier alpha value is -4.29. The second-order valence-corrected chi connectivity index (χ2v) is 15.4. The van der Waals surface area contributed by atoms with Crippen molar-refractivity contribution >= 4 is 50.9 Å². The number of hydrogen-bond donors (Lipinski definition) is 2. The van der Waals surface area contributed by atoms with Gasteiger partial charge < -0.3 is 19.9 Å². The number of para-hydroxylation sites is 2. The molecule has 2 atom stereocenters. The van der Waals surface area contributed by atoms with E-state index in [0.29, 0.717) is 36.9 Å². The molecule has 1 fully saturated rings. The predicted molar refractivity (Wildman–Crippen MR) is 186 cm³/mol. The molecule has 11 nitrogen and oxygen atoms in total. The Morgan fingerprint density at radius 1 is 0.917 bits per heavy atom. The van der Waals surface area contributed by atoms with E-state index >= 15 is 0 Å². The van der Waals surface area contributed by atoms with Crippen LogP contribution in [0.2, 0.25) is 5.02 Å². The number of nitrogens with zero attached hydrogens (tertiary/aromatic N) is 3. The summed E-state index contributed by atoms with van der Waals surface area (Å²) in [7, 11) is -3.48. The van der Waals surface area contributed by atoms with Crippen LogP contribution in [0.15, 0.2) is 72.8 Å². The van der Waals surface area contributed by atoms with Crippen LogP contribution in [0, 0.1) is 0 Å². The van der Waals surface area contributed by atoms with Crippen LogP contribution >= 0.6 is 11.6 Å². The summed E-state index contributed by atoms with van der Waals surface area (Å²) in [6.07, 6.45) is 1.01. The molecule has 2 heterocycles. The lowest BCUT2D eigenvalue weighted by molar-refractivity contribution is -0.138. The first-order valence-electron chi connectivity index (χ1n) is 15.9. The van der Waals surface area contributed by atoms with Crippen LogP contribution < -0.4 is 14.9 Å². The van der Waals surface area contributed by atoms with Crippen molar-refractivity contribution in [1.82, 2.24) is 15.1 Å². The summed E-state index contributed by atoms with van der Waals surface area (Å²) >= 11 is 6.13. The van der Waals surface area contributed by atoms with E-state index in [-0.39, 0.29) is 25.3 Å². The number of sulfonamides is 1. The minimum absolute atomic E-state index is 0.205. The lowest BCUT2D eigenvalue weighted by Gasteiger charge is -2.39. The van der Waals surface area contributed by atoms with Crippen molar-refractivity contribution in [3.63, 3.8) is 0 Å². The van der Waals surface area contributed by atoms with Gasteiger partial charge in [0.2, 0.25) is 21.8 Å². The largest absolute Gasteiger partial charge is 0.444 e. The SMILES string of the molecule is CC(C)(C)OC(=O)N1Cc2ccccc2C[C@H]1C(=O)N[C@H](Cc1ccc(Cl)cc1)C(=O)N1CCN(c2ccccc2NS(C)(=O)=O)CC1. The first-order chi connectivity index (χ1) is 22.7. The number of halogens is 1. The fraction of sp³-hybridized carbons (Fsp3) is 0.400. The third kappa shape index (κ3) is 8.99. The van der Waals surface area contributed by atoms with Crippen molar-refractivity contribution in [2.45, 2.75) is 57.8 Å². The molecule has 0 unspecified atom stereocenters. The third-order valence-electron chi connectivity index (χ3n) is 8.28. The zero-order chi connectivity index (χ0) is 34.6. The monoisotopic (exact) mass is 695 g/mol. The summed E-state index contributed by atoms with van der Waals surface area (Å²) in [6.45, 7) is 7.18. The highest BCUT2D eigenvalue weighted by molar-refractivity contribution is 7.92. The molecule has 2 N–H and O–H groups in total. The van der Waals surface area contributed by atoms with Gasteiger partial charge in [-0.2, -0.15) is 0 Å². The number of fused-ring (bicyclic) bond motifs is 1. The van der Waals surface area contributed by atoms with Gasteiger partial charge in [-0.3, -0.25) is 19.2 Å². The van der Waals surface area contributed by atoms with Crippen LogP contribution in [0.4, 0.5) is 16.2 Å². The van der Waals surface area contributed by atoms with Crippen LogP contribution in [0.25, 0.3) is 0 Å². The molecule has 3 aromatic carbocycles. The third-order valence-corrected chi connectivity index (χ3v) is 9.12. The van der Waals surface area contributed by atoms with Gasteiger partial charge in [-0.1, -0.05) is 60.1 Å². The van der Waals surface area contributed by atoms with Crippen molar-refractivity contribution in [2.75, 3.05) is 42.1 Å². The van der Waals surface area contributed by atoms with E-state index < -0.39 is 39.7 Å². The van der Waals surface area contributed by atoms with E-state index in [1.807, 2.05) is 53.4 Å². The molecule has 0 radical (unpaired) electrons. The number of nitrogens with one attached hydrogen (secondary N) is 2. The Labute approximate surface area is 287 Å². The molecule has 0 saturated carbocycles. The summed E-state index contributed by atoms with van der Waals surface area (Å²) in [5.41, 5.74) is 3.14. The molecule has 1 saturated heterocycles. The second kappa shape index (κ2) is 14.4. The summed E-state index contributed by atoms with van der Waals surface area (Å²) in [5, 5.41) is 3.56. The maximum absolute atomic E-state index is 14.2. The normalized spacial score (nSPS) is 17.3. The fourth-order valence-electron chi connectivity index (χ4n) is 6.02. The summed E-state index contributed by atoms with van der Waals surface area (Å²) in [4.78, 5) is 46.8. The number of anilines is 2. The Bertz CT molecular complexity index is 1750. The van der Waals surface area contributed by atoms with Gasteiger partial charge in [-0.25, -0.2) is 13.2 Å². The van der Waals surface area contributed by atoms with E-state index in [0.717, 1.165) is 28.6 Å². The number of carbonyl (C=O) groups is 3. The highest BCUT2D eigenvalue weighted by atomic mass is 35.5. The van der Waals surface area contributed by atoms with E-state index in [1.165, 1.54) is 4.90 Å². The van der Waals surface area contributed by atoms with Crippen LogP contribution in [0.1, 0.15) is 37.5 Å². The first-order valence-corrected chi connectivity index (χ1v) is 18.2. The molecule has 3 amide bonds. The minimum Gasteiger partial charge on any atom is -0.444 e. The van der Waals surface area contributed by atoms with Gasteiger partial charge in [-0.05, 0) is 61.7 Å². The zero-order valence-electron chi connectivity index (χ0n) is 27.6. The van der Waals surface area contributed by atoms with Gasteiger partial charge in [0.1, 0.15) is 17.7 Å². The summed E-state index contributed by atoms with van der Waals surface area (Å²) in [5.74, 6) is -0.692. The van der Waals surface area contributed by atoms with Gasteiger partial charge in [0.15, 0.2) is 0 Å². The van der Waals surface area contributed by atoms with Gasteiger partial charge in [-0.15, -0.1) is 0 Å². The van der Waals surface area contributed by atoms with E-state index in [4.69, 9.17) is 16.3 Å². The average Bonchev–Trinajstić information content (AvgIpc) is 3.03. The van der Waals surface area contributed by atoms with Crippen molar-refractivity contribution in [3.05, 3.63) is 94.5 Å². The molecule has 0 aliphatic carbocycles. The maximum Gasteiger partial charge on any atom is 0.411 e. The number of ether oxygens (including phenoxy) is 1. The van der Waals surface area contributed by atoms with Crippen molar-refractivity contribution in [3.8, 4) is 0 Å². The van der Waals surface area contributed by atoms with E-state index in [9.17, 15) is 22.8 Å². The summed E-state index contributed by atoms with van der Waals surface area (Å²) < 4.78 is 32.2. The molecule has 2 aliphatic heterocycles. The predicted octanol–water partition coefficient (Wildman–Crippen LogP) is 4.45. The van der Waals surface area contributed by atoms with Crippen molar-refractivity contribution in [2.24, 2.45) is 0 Å². The Morgan fingerprint density at radius 2 is 1.54 bits per heavy atom. The average molecular weight is 696 g/mol. The number of benzene rings is 3. The molecule has 0 aromatic heterocycles. The maximum atomic E-state index is 14.2. The van der Waals surface area contributed by atoms with Crippen molar-refractivity contribution < 1.29 is 27.5 Å². The number of amides is 3. The smallest absolute Gasteiger partial charge is 0.411 e. The lowest BCUT2D eigenvalue weighted by atomic mass is 9.93. The lowest BCUT2D eigenvalue weighted by Crippen LogP contribution is -2.59. The van der Waals surface area contributed by atoms with Crippen LogP contribution in [0.3, 0.4) is 0 Å². The van der Waals surface area contributed by atoms with Crippen molar-refractivity contribution in [1.29, 1.82) is 0 Å². The van der Waals surface area contributed by atoms with Gasteiger partial charge in [0, 0.05) is 44.0 Å². The van der Waals surface area contributed by atoms with Crippen LogP contribution in [-0.4, -0.2) is 86.2 Å². The fourth-order valence-corrected chi connectivity index (χ4v) is 6.72. The number of carbonyl (C=O) groups excluding carboxylic acids is 3. The van der Waals surface area contributed by atoms with E-state index in [2.05, 4.69) is 10.0 Å². The molecular weight excluding hydrogens is 654 g/mol. The van der Waals surface area contributed by atoms with Crippen LogP contribution in [0.5, 0.6) is 0 Å². The minimum atomic E-state index is -3.48. The quantitative estimate of drug-likeness (QED) is 0.357. The Kier molecular flexibility index (Phi) is 10.5. The number of piperazine rings is 1. The van der Waals surface area contributed by atoms with Crippen LogP contribution in [-0.2, 0) is 43.7 Å². The Morgan fingerprint density at radius 3 is 2.19 bits per heavy atom. The number of hydrogen-bond acceptors (Lipinski definition) is 7. The molecule has 3 aromatic rings. The van der Waals surface area contributed by atoms with Gasteiger partial charge in [0.25, 0.3) is 0 Å². The molecular formula is C35H42ClN5O6S. The molecule has 0 bridgehead atoms. The summed E-state index contributed by atoms with van der Waals surface area (Å²) in [6, 6.07) is 20.1. The highest BCUT2D eigenvalue weighted by Crippen LogP contribution is 2.28. The molecule has 2 aliphatic rings. The highest BCUT2D eigenvalue weighted by Gasteiger charge is 2.39. The van der Waals surface area contributed by atoms with Gasteiger partial charge >= 0.3 is 6.09 Å².